The Morgan fingerprint density at radius 1 is 1.14 bits per heavy atom. The van der Waals surface area contributed by atoms with Crippen LogP contribution in [0.3, 0.4) is 0 Å². The molecule has 2 rings (SSSR count). The Morgan fingerprint density at radius 3 is 2.41 bits per heavy atom. The first-order valence-corrected chi connectivity index (χ1v) is 7.74. The smallest absolute Gasteiger partial charge is 0.313 e. The molecule has 1 unspecified atom stereocenters. The number of thiophene rings is 1. The lowest BCUT2D eigenvalue weighted by Gasteiger charge is -2.12. The third kappa shape index (κ3) is 3.93. The number of amides is 2. The number of hydrogen-bond acceptors (Lipinski definition) is 4. The number of nitrogens with one attached hydrogen (secondary N) is 2. The van der Waals surface area contributed by atoms with E-state index in [1.165, 1.54) is 11.3 Å². The molecule has 1 aromatic carbocycles. The summed E-state index contributed by atoms with van der Waals surface area (Å²) in [4.78, 5) is 24.5. The Morgan fingerprint density at radius 2 is 1.82 bits per heavy atom. The number of para-hydroxylation sites is 1. The molecule has 0 aliphatic heterocycles. The maximum absolute atomic E-state index is 11.9. The number of hydrogen-bond donors (Lipinski definition) is 3. The molecule has 22 heavy (non-hydrogen) atoms. The van der Waals surface area contributed by atoms with E-state index in [0.29, 0.717) is 5.69 Å². The Balaban J connectivity index is 1.91. The standard InChI is InChI=1S/C16H18N2O3S/c1-10-5-3-6-11(2)14(10)18-16(21)15(20)17-9-12(19)13-7-4-8-22-13/h3-8,12,19H,9H2,1-2H3,(H,17,20)(H,18,21). The summed E-state index contributed by atoms with van der Waals surface area (Å²) in [7, 11) is 0. The van der Waals surface area contributed by atoms with Crippen molar-refractivity contribution < 1.29 is 14.7 Å². The van der Waals surface area contributed by atoms with Crippen molar-refractivity contribution in [3.8, 4) is 0 Å². The highest BCUT2D eigenvalue weighted by Crippen LogP contribution is 2.19. The highest BCUT2D eigenvalue weighted by atomic mass is 32.1. The maximum atomic E-state index is 11.9. The van der Waals surface area contributed by atoms with Crippen molar-refractivity contribution in [1.82, 2.24) is 5.32 Å². The van der Waals surface area contributed by atoms with Gasteiger partial charge in [-0.3, -0.25) is 9.59 Å². The zero-order valence-corrected chi connectivity index (χ0v) is 13.2. The molecule has 0 aliphatic rings. The normalized spacial score (nSPS) is 11.8. The summed E-state index contributed by atoms with van der Waals surface area (Å²) in [6.45, 7) is 3.72. The minimum absolute atomic E-state index is 0.000476. The Hall–Kier alpha value is -2.18. The molecule has 3 N–H and O–H groups in total. The van der Waals surface area contributed by atoms with E-state index < -0.39 is 17.9 Å². The average molecular weight is 318 g/mol. The van der Waals surface area contributed by atoms with Gasteiger partial charge in [-0.05, 0) is 36.4 Å². The predicted octanol–water partition coefficient (Wildman–Crippen LogP) is 2.15. The van der Waals surface area contributed by atoms with Crippen LogP contribution >= 0.6 is 11.3 Å². The quantitative estimate of drug-likeness (QED) is 0.756. The van der Waals surface area contributed by atoms with E-state index in [0.717, 1.165) is 16.0 Å². The van der Waals surface area contributed by atoms with Gasteiger partial charge >= 0.3 is 11.8 Å². The molecule has 0 aliphatic carbocycles. The number of aliphatic hydroxyl groups is 1. The van der Waals surface area contributed by atoms with E-state index in [-0.39, 0.29) is 6.54 Å². The molecule has 5 nitrogen and oxygen atoms in total. The van der Waals surface area contributed by atoms with E-state index in [2.05, 4.69) is 10.6 Å². The van der Waals surface area contributed by atoms with Crippen LogP contribution in [0.25, 0.3) is 0 Å². The van der Waals surface area contributed by atoms with Crippen LogP contribution in [0, 0.1) is 13.8 Å². The van der Waals surface area contributed by atoms with Gasteiger partial charge < -0.3 is 15.7 Å². The van der Waals surface area contributed by atoms with Crippen LogP contribution in [-0.2, 0) is 9.59 Å². The van der Waals surface area contributed by atoms with Gasteiger partial charge in [0.15, 0.2) is 0 Å². The molecular formula is C16H18N2O3S. The highest BCUT2D eigenvalue weighted by Gasteiger charge is 2.17. The Kier molecular flexibility index (Phi) is 5.30. The lowest BCUT2D eigenvalue weighted by atomic mass is 10.1. The molecule has 6 heteroatoms. The van der Waals surface area contributed by atoms with Crippen LogP contribution in [-0.4, -0.2) is 23.5 Å². The van der Waals surface area contributed by atoms with Crippen molar-refractivity contribution in [2.75, 3.05) is 11.9 Å². The first-order valence-electron chi connectivity index (χ1n) is 6.86. The fourth-order valence-electron chi connectivity index (χ4n) is 2.03. The summed E-state index contributed by atoms with van der Waals surface area (Å²) in [5.74, 6) is -1.51. The van der Waals surface area contributed by atoms with Gasteiger partial charge in [-0.2, -0.15) is 0 Å². The van der Waals surface area contributed by atoms with E-state index in [1.807, 2.05) is 43.5 Å². The van der Waals surface area contributed by atoms with Crippen LogP contribution in [0.4, 0.5) is 5.69 Å². The van der Waals surface area contributed by atoms with Crippen molar-refractivity contribution in [2.45, 2.75) is 20.0 Å². The molecule has 2 aromatic rings. The van der Waals surface area contributed by atoms with Gasteiger partial charge in [0, 0.05) is 17.1 Å². The first kappa shape index (κ1) is 16.2. The van der Waals surface area contributed by atoms with Crippen LogP contribution in [0.1, 0.15) is 22.1 Å². The van der Waals surface area contributed by atoms with Gasteiger partial charge in [0.1, 0.15) is 6.10 Å². The molecule has 116 valence electrons. The van der Waals surface area contributed by atoms with Gasteiger partial charge in [-0.25, -0.2) is 0 Å². The minimum atomic E-state index is -0.808. The molecule has 0 bridgehead atoms. The summed E-state index contributed by atoms with van der Waals surface area (Å²) in [6, 6.07) is 9.21. The van der Waals surface area contributed by atoms with Gasteiger partial charge in [-0.15, -0.1) is 11.3 Å². The number of rotatable bonds is 4. The number of anilines is 1. The zero-order valence-electron chi connectivity index (χ0n) is 12.4. The highest BCUT2D eigenvalue weighted by molar-refractivity contribution is 7.10. The Labute approximate surface area is 133 Å². The molecule has 0 saturated heterocycles. The number of aryl methyl sites for hydroxylation is 2. The predicted molar refractivity (Wildman–Crippen MR) is 86.8 cm³/mol. The summed E-state index contributed by atoms with van der Waals surface area (Å²) in [5, 5.41) is 16.8. The van der Waals surface area contributed by atoms with Crippen molar-refractivity contribution in [3.63, 3.8) is 0 Å². The van der Waals surface area contributed by atoms with Gasteiger partial charge in [0.05, 0.1) is 0 Å². The maximum Gasteiger partial charge on any atom is 0.313 e. The number of aliphatic hydroxyl groups excluding tert-OH is 1. The molecule has 1 aromatic heterocycles. The SMILES string of the molecule is Cc1cccc(C)c1NC(=O)C(=O)NCC(O)c1cccs1. The summed E-state index contributed by atoms with van der Waals surface area (Å²) in [6.07, 6.45) is -0.808. The second-order valence-corrected chi connectivity index (χ2v) is 5.94. The van der Waals surface area contributed by atoms with Gasteiger partial charge in [0.25, 0.3) is 0 Å². The lowest BCUT2D eigenvalue weighted by Crippen LogP contribution is -2.37. The second-order valence-electron chi connectivity index (χ2n) is 4.96. The monoisotopic (exact) mass is 318 g/mol. The molecule has 2 amide bonds. The van der Waals surface area contributed by atoms with Crippen LogP contribution in [0.15, 0.2) is 35.7 Å². The Bertz CT molecular complexity index is 648. The summed E-state index contributed by atoms with van der Waals surface area (Å²) < 4.78 is 0. The van der Waals surface area contributed by atoms with E-state index >= 15 is 0 Å². The van der Waals surface area contributed by atoms with Crippen LogP contribution in [0.2, 0.25) is 0 Å². The molecule has 1 atom stereocenters. The molecule has 1 heterocycles. The number of carbonyl (C=O) groups excluding carboxylic acids is 2. The van der Waals surface area contributed by atoms with Crippen molar-refractivity contribution in [3.05, 3.63) is 51.7 Å². The van der Waals surface area contributed by atoms with E-state index in [9.17, 15) is 14.7 Å². The van der Waals surface area contributed by atoms with Crippen LogP contribution in [0.5, 0.6) is 0 Å². The minimum Gasteiger partial charge on any atom is -0.386 e. The molecule has 0 spiro atoms. The van der Waals surface area contributed by atoms with E-state index in [1.54, 1.807) is 6.07 Å². The van der Waals surface area contributed by atoms with Crippen molar-refractivity contribution in [2.24, 2.45) is 0 Å². The summed E-state index contributed by atoms with van der Waals surface area (Å²) >= 11 is 1.40. The van der Waals surface area contributed by atoms with E-state index in [4.69, 9.17) is 0 Å². The molecule has 0 saturated carbocycles. The third-order valence-corrected chi connectivity index (χ3v) is 4.23. The fourth-order valence-corrected chi connectivity index (χ4v) is 2.74. The average Bonchev–Trinajstić information content (AvgIpc) is 3.02. The number of benzene rings is 1. The van der Waals surface area contributed by atoms with Crippen LogP contribution < -0.4 is 10.6 Å². The topological polar surface area (TPSA) is 78.4 Å². The van der Waals surface area contributed by atoms with Crippen molar-refractivity contribution in [1.29, 1.82) is 0 Å². The number of carbonyl (C=O) groups is 2. The first-order chi connectivity index (χ1) is 10.5. The molecule has 0 radical (unpaired) electrons. The second kappa shape index (κ2) is 7.20. The molecule has 0 fully saturated rings. The fraction of sp³-hybridized carbons (Fsp3) is 0.250. The molecular weight excluding hydrogens is 300 g/mol. The zero-order chi connectivity index (χ0) is 16.1. The third-order valence-electron chi connectivity index (χ3n) is 3.25. The summed E-state index contributed by atoms with van der Waals surface area (Å²) in [5.41, 5.74) is 2.42. The van der Waals surface area contributed by atoms with Crippen molar-refractivity contribution >= 4 is 28.8 Å². The largest absolute Gasteiger partial charge is 0.386 e. The van der Waals surface area contributed by atoms with Gasteiger partial charge in [0.2, 0.25) is 0 Å². The lowest BCUT2D eigenvalue weighted by molar-refractivity contribution is -0.136. The van der Waals surface area contributed by atoms with Gasteiger partial charge in [-0.1, -0.05) is 24.3 Å².